The van der Waals surface area contributed by atoms with Gasteiger partial charge in [0.15, 0.2) is 0 Å². The Morgan fingerprint density at radius 2 is 1.79 bits per heavy atom. The van der Waals surface area contributed by atoms with Crippen LogP contribution < -0.4 is 5.32 Å². The Hall–Kier alpha value is -0.570. The molecule has 0 aromatic carbocycles. The van der Waals surface area contributed by atoms with Gasteiger partial charge in [-0.2, -0.15) is 0 Å². The maximum absolute atomic E-state index is 11.7. The molecule has 0 aromatic rings. The van der Waals surface area contributed by atoms with Crippen LogP contribution in [0.2, 0.25) is 0 Å². The van der Waals surface area contributed by atoms with Gasteiger partial charge in [0.2, 0.25) is 5.91 Å². The molecule has 1 unspecified atom stereocenters. The zero-order chi connectivity index (χ0) is 11.0. The van der Waals surface area contributed by atoms with Crippen molar-refractivity contribution in [1.29, 1.82) is 0 Å². The molecule has 1 atom stereocenters. The Balaban J connectivity index is 4.15. The summed E-state index contributed by atoms with van der Waals surface area (Å²) in [5.74, 6) is 0.672. The Bertz CT molecular complexity index is 155. The van der Waals surface area contributed by atoms with E-state index in [0.29, 0.717) is 12.5 Å². The van der Waals surface area contributed by atoms with Gasteiger partial charge >= 0.3 is 0 Å². The summed E-state index contributed by atoms with van der Waals surface area (Å²) >= 11 is 0. The van der Waals surface area contributed by atoms with Crippen LogP contribution in [-0.4, -0.2) is 24.2 Å². The minimum absolute atomic E-state index is 0.0189. The SMILES string of the molecule is CCC(CC)C(CC)C(=O)NCCO. The summed E-state index contributed by atoms with van der Waals surface area (Å²) in [4.78, 5) is 11.7. The molecule has 0 saturated heterocycles. The second-order valence-electron chi connectivity index (χ2n) is 3.61. The van der Waals surface area contributed by atoms with E-state index in [-0.39, 0.29) is 18.4 Å². The van der Waals surface area contributed by atoms with Crippen LogP contribution in [0, 0.1) is 11.8 Å². The lowest BCUT2D eigenvalue weighted by molar-refractivity contribution is -0.127. The fourth-order valence-corrected chi connectivity index (χ4v) is 1.90. The van der Waals surface area contributed by atoms with Gasteiger partial charge in [0.25, 0.3) is 0 Å². The maximum Gasteiger partial charge on any atom is 0.223 e. The summed E-state index contributed by atoms with van der Waals surface area (Å²) < 4.78 is 0. The van der Waals surface area contributed by atoms with E-state index in [0.717, 1.165) is 19.3 Å². The Labute approximate surface area is 86.9 Å². The fraction of sp³-hybridized carbons (Fsp3) is 0.909. The van der Waals surface area contributed by atoms with Gasteiger partial charge in [-0.1, -0.05) is 33.6 Å². The topological polar surface area (TPSA) is 49.3 Å². The second-order valence-corrected chi connectivity index (χ2v) is 3.61. The molecule has 84 valence electrons. The standard InChI is InChI=1S/C11H23NO2/c1-4-9(5-2)10(6-3)11(14)12-7-8-13/h9-10,13H,4-8H2,1-3H3,(H,12,14). The molecule has 2 N–H and O–H groups in total. The van der Waals surface area contributed by atoms with Crippen molar-refractivity contribution < 1.29 is 9.90 Å². The number of carbonyl (C=O) groups is 1. The Morgan fingerprint density at radius 1 is 1.21 bits per heavy atom. The lowest BCUT2D eigenvalue weighted by Gasteiger charge is -2.22. The molecule has 3 nitrogen and oxygen atoms in total. The highest BCUT2D eigenvalue weighted by Crippen LogP contribution is 2.22. The highest BCUT2D eigenvalue weighted by molar-refractivity contribution is 5.78. The van der Waals surface area contributed by atoms with Crippen LogP contribution in [0.3, 0.4) is 0 Å². The number of carbonyl (C=O) groups excluding carboxylic acids is 1. The van der Waals surface area contributed by atoms with Gasteiger partial charge < -0.3 is 10.4 Å². The lowest BCUT2D eigenvalue weighted by Crippen LogP contribution is -2.36. The summed E-state index contributed by atoms with van der Waals surface area (Å²) in [6.45, 7) is 6.67. The molecule has 0 aliphatic rings. The van der Waals surface area contributed by atoms with Crippen LogP contribution in [0.25, 0.3) is 0 Å². The summed E-state index contributed by atoms with van der Waals surface area (Å²) in [5, 5.41) is 11.4. The summed E-state index contributed by atoms with van der Waals surface area (Å²) in [7, 11) is 0. The molecule has 0 aliphatic heterocycles. The number of aliphatic hydroxyl groups is 1. The third kappa shape index (κ3) is 4.09. The monoisotopic (exact) mass is 201 g/mol. The van der Waals surface area contributed by atoms with Crippen LogP contribution >= 0.6 is 0 Å². The first-order chi connectivity index (χ1) is 6.71. The molecular formula is C11H23NO2. The van der Waals surface area contributed by atoms with E-state index in [2.05, 4.69) is 19.2 Å². The molecule has 0 aliphatic carbocycles. The minimum atomic E-state index is 0.0189. The smallest absolute Gasteiger partial charge is 0.223 e. The highest BCUT2D eigenvalue weighted by atomic mass is 16.3. The minimum Gasteiger partial charge on any atom is -0.395 e. The fourth-order valence-electron chi connectivity index (χ4n) is 1.90. The first kappa shape index (κ1) is 13.4. The van der Waals surface area contributed by atoms with Gasteiger partial charge in [0.1, 0.15) is 0 Å². The van der Waals surface area contributed by atoms with E-state index in [1.165, 1.54) is 0 Å². The molecule has 0 spiro atoms. The van der Waals surface area contributed by atoms with Crippen molar-refractivity contribution in [3.05, 3.63) is 0 Å². The van der Waals surface area contributed by atoms with Crippen LogP contribution in [0.1, 0.15) is 40.0 Å². The summed E-state index contributed by atoms with van der Waals surface area (Å²) in [6.07, 6.45) is 2.96. The normalized spacial score (nSPS) is 12.9. The molecule has 1 amide bonds. The van der Waals surface area contributed by atoms with E-state index in [1.807, 2.05) is 6.92 Å². The third-order valence-corrected chi connectivity index (χ3v) is 2.81. The molecule has 0 aromatic heterocycles. The Morgan fingerprint density at radius 3 is 2.14 bits per heavy atom. The van der Waals surface area contributed by atoms with Crippen molar-refractivity contribution in [2.24, 2.45) is 11.8 Å². The molecule has 0 rings (SSSR count). The van der Waals surface area contributed by atoms with Gasteiger partial charge in [-0.05, 0) is 12.3 Å². The molecule has 0 fully saturated rings. The van der Waals surface area contributed by atoms with Crippen molar-refractivity contribution in [3.63, 3.8) is 0 Å². The van der Waals surface area contributed by atoms with Crippen molar-refractivity contribution in [2.45, 2.75) is 40.0 Å². The van der Waals surface area contributed by atoms with Gasteiger partial charge in [-0.3, -0.25) is 4.79 Å². The largest absolute Gasteiger partial charge is 0.395 e. The van der Waals surface area contributed by atoms with Gasteiger partial charge in [0, 0.05) is 12.5 Å². The van der Waals surface area contributed by atoms with Crippen LogP contribution in [-0.2, 0) is 4.79 Å². The van der Waals surface area contributed by atoms with Crippen LogP contribution in [0.4, 0.5) is 0 Å². The second kappa shape index (κ2) is 7.80. The van der Waals surface area contributed by atoms with Crippen LogP contribution in [0.5, 0.6) is 0 Å². The summed E-state index contributed by atoms with van der Waals surface area (Å²) in [5.41, 5.74) is 0. The van der Waals surface area contributed by atoms with Gasteiger partial charge in [0.05, 0.1) is 6.61 Å². The molecule has 0 radical (unpaired) electrons. The zero-order valence-corrected chi connectivity index (χ0v) is 9.55. The average Bonchev–Trinajstić information content (AvgIpc) is 2.22. The van der Waals surface area contributed by atoms with E-state index in [9.17, 15) is 4.79 Å². The number of hydrogen-bond acceptors (Lipinski definition) is 2. The van der Waals surface area contributed by atoms with Crippen LogP contribution in [0.15, 0.2) is 0 Å². The van der Waals surface area contributed by atoms with Crippen molar-refractivity contribution in [1.82, 2.24) is 5.32 Å². The molecule has 14 heavy (non-hydrogen) atoms. The van der Waals surface area contributed by atoms with E-state index < -0.39 is 0 Å². The molecule has 0 bridgehead atoms. The number of rotatable bonds is 7. The van der Waals surface area contributed by atoms with E-state index >= 15 is 0 Å². The predicted molar refractivity (Wildman–Crippen MR) is 57.9 cm³/mol. The number of aliphatic hydroxyl groups excluding tert-OH is 1. The number of amides is 1. The number of hydrogen-bond donors (Lipinski definition) is 2. The molecule has 0 heterocycles. The molecular weight excluding hydrogens is 178 g/mol. The Kier molecular flexibility index (Phi) is 7.48. The highest BCUT2D eigenvalue weighted by Gasteiger charge is 2.23. The van der Waals surface area contributed by atoms with E-state index in [4.69, 9.17) is 5.11 Å². The first-order valence-corrected chi connectivity index (χ1v) is 5.59. The lowest BCUT2D eigenvalue weighted by atomic mass is 9.85. The van der Waals surface area contributed by atoms with Gasteiger partial charge in [-0.25, -0.2) is 0 Å². The summed E-state index contributed by atoms with van der Waals surface area (Å²) in [6, 6.07) is 0. The predicted octanol–water partition coefficient (Wildman–Crippen LogP) is 1.56. The van der Waals surface area contributed by atoms with E-state index in [1.54, 1.807) is 0 Å². The first-order valence-electron chi connectivity index (χ1n) is 5.59. The number of nitrogens with one attached hydrogen (secondary N) is 1. The third-order valence-electron chi connectivity index (χ3n) is 2.81. The van der Waals surface area contributed by atoms with Crippen molar-refractivity contribution >= 4 is 5.91 Å². The quantitative estimate of drug-likeness (QED) is 0.656. The molecule has 0 saturated carbocycles. The van der Waals surface area contributed by atoms with Crippen molar-refractivity contribution in [3.8, 4) is 0 Å². The molecule has 3 heteroatoms. The maximum atomic E-state index is 11.7. The van der Waals surface area contributed by atoms with Crippen molar-refractivity contribution in [2.75, 3.05) is 13.2 Å². The average molecular weight is 201 g/mol. The van der Waals surface area contributed by atoms with Gasteiger partial charge in [-0.15, -0.1) is 0 Å². The zero-order valence-electron chi connectivity index (χ0n) is 9.55.